The van der Waals surface area contributed by atoms with Gasteiger partial charge in [-0.05, 0) is 125 Å². The molecule has 8 nitrogen and oxygen atoms in total. The quantitative estimate of drug-likeness (QED) is 0.0546. The van der Waals surface area contributed by atoms with Gasteiger partial charge >= 0.3 is 11.9 Å². The molecule has 0 spiro atoms. The molecule has 0 aliphatic heterocycles. The maximum absolute atomic E-state index is 14.0. The minimum atomic E-state index is -0.304. The van der Waals surface area contributed by atoms with Crippen LogP contribution < -0.4 is 5.73 Å². The first-order valence-electron chi connectivity index (χ1n) is 24.7. The number of hydrogen-bond donors (Lipinski definition) is 1. The molecule has 340 valence electrons. The topological polar surface area (TPSA) is 102 Å². The number of ether oxygens (including phenoxy) is 2. The van der Waals surface area contributed by atoms with E-state index >= 15 is 0 Å². The molecule has 4 aliphatic rings. The van der Waals surface area contributed by atoms with Crippen LogP contribution in [0.4, 0.5) is 0 Å². The zero-order chi connectivity index (χ0) is 43.0. The Balaban J connectivity index is 1.49. The van der Waals surface area contributed by atoms with Crippen LogP contribution in [0.15, 0.2) is 0 Å². The number of thioether (sulfide) groups is 1. The Hall–Kier alpha value is -1.39. The minimum absolute atomic E-state index is 0.0539. The molecule has 0 unspecified atom stereocenters. The third-order valence-corrected chi connectivity index (χ3v) is 17.7. The van der Waals surface area contributed by atoms with E-state index in [1.807, 2.05) is 0 Å². The van der Waals surface area contributed by atoms with Crippen molar-refractivity contribution < 1.29 is 23.9 Å². The number of fused-ring (bicyclic) bond motifs is 5. The Labute approximate surface area is 370 Å². The van der Waals surface area contributed by atoms with Gasteiger partial charge in [0.1, 0.15) is 16.5 Å². The summed E-state index contributed by atoms with van der Waals surface area (Å²) in [7, 11) is 0. The summed E-state index contributed by atoms with van der Waals surface area (Å²) in [6.07, 6.45) is 24.5. The molecule has 10 atom stereocenters. The van der Waals surface area contributed by atoms with Gasteiger partial charge in [-0.25, -0.2) is 0 Å². The molecule has 59 heavy (non-hydrogen) atoms. The van der Waals surface area contributed by atoms with Gasteiger partial charge in [0.25, 0.3) is 0 Å². The lowest BCUT2D eigenvalue weighted by Crippen LogP contribution is -2.59. The van der Waals surface area contributed by atoms with Crippen molar-refractivity contribution >= 4 is 46.1 Å². The van der Waals surface area contributed by atoms with Gasteiger partial charge in [0.05, 0.1) is 12.3 Å². The number of esters is 2. The summed E-state index contributed by atoms with van der Waals surface area (Å²) < 4.78 is 13.3. The van der Waals surface area contributed by atoms with Crippen LogP contribution in [-0.4, -0.2) is 82.7 Å². The third-order valence-electron chi connectivity index (χ3n) is 16.3. The molecular formula is C49H87N3O5S2. The molecule has 0 aromatic carbocycles. The Morgan fingerprint density at radius 2 is 1.39 bits per heavy atom. The standard InChI is InChI=1S/C49H87N3O5S2/c1-8-12-14-16-18-20-30-52(31-21-19-17-15-13-9-2)44(53)27-22-36(5)40-25-26-41-39-24-23-37-32-38(56-45(54)34-50)28-29-48(37,6)42(39)33-43(49(40,41)7)57-46(55)35-59-47(58)51(10-3)11-4/h36-43H,8-35,50H2,1-7H3/t36-,37-,38-,39+,40-,41+,42+,43+,48+,49-/m1/s1. The fourth-order valence-corrected chi connectivity index (χ4v) is 13.9. The van der Waals surface area contributed by atoms with E-state index in [4.69, 9.17) is 27.4 Å². The van der Waals surface area contributed by atoms with Gasteiger partial charge in [-0.3, -0.25) is 14.4 Å². The number of amides is 1. The van der Waals surface area contributed by atoms with Crippen LogP contribution in [0.5, 0.6) is 0 Å². The van der Waals surface area contributed by atoms with Crippen LogP contribution in [-0.2, 0) is 23.9 Å². The smallest absolute Gasteiger partial charge is 0.319 e. The SMILES string of the molecule is CCCCCCCCN(CCCCCCCC)C(=O)CC[C@@H](C)[C@H]1CC[C@H]2[C@@H]3CC[C@@H]4C[C@H](OC(=O)CN)CC[C@]4(C)[C@H]3C[C@H](OC(=O)CSC(=S)N(CC)CC)[C@]12C. The molecule has 2 N–H and O–H groups in total. The van der Waals surface area contributed by atoms with Gasteiger partial charge < -0.3 is 25.0 Å². The average Bonchev–Trinajstić information content (AvgIpc) is 3.59. The lowest BCUT2D eigenvalue weighted by molar-refractivity contribution is -0.197. The van der Waals surface area contributed by atoms with Crippen LogP contribution >= 0.6 is 24.0 Å². The second-order valence-corrected chi connectivity index (χ2v) is 21.3. The summed E-state index contributed by atoms with van der Waals surface area (Å²) in [6.45, 7) is 19.4. The number of carbonyl (C=O) groups is 3. The van der Waals surface area contributed by atoms with Gasteiger partial charge in [0.2, 0.25) is 5.91 Å². The summed E-state index contributed by atoms with van der Waals surface area (Å²) in [5, 5.41) is 0. The number of hydrogen-bond acceptors (Lipinski definition) is 8. The van der Waals surface area contributed by atoms with Gasteiger partial charge in [-0.1, -0.05) is 123 Å². The Morgan fingerprint density at radius 3 is 2.00 bits per heavy atom. The number of carbonyl (C=O) groups excluding carboxylic acids is 3. The largest absolute Gasteiger partial charge is 0.461 e. The van der Waals surface area contributed by atoms with Gasteiger partial charge in [-0.2, -0.15) is 0 Å². The van der Waals surface area contributed by atoms with Crippen molar-refractivity contribution in [2.45, 2.75) is 202 Å². The third kappa shape index (κ3) is 13.3. The monoisotopic (exact) mass is 862 g/mol. The highest BCUT2D eigenvalue weighted by Gasteiger charge is 2.65. The molecule has 4 saturated carbocycles. The summed E-state index contributed by atoms with van der Waals surface area (Å²) in [4.78, 5) is 44.4. The second-order valence-electron chi connectivity index (χ2n) is 19.7. The van der Waals surface area contributed by atoms with Crippen LogP contribution in [0.25, 0.3) is 0 Å². The van der Waals surface area contributed by atoms with E-state index in [2.05, 4.69) is 58.3 Å². The molecule has 0 aromatic heterocycles. The molecular weight excluding hydrogens is 775 g/mol. The van der Waals surface area contributed by atoms with E-state index in [0.717, 1.165) is 94.7 Å². The Kier molecular flexibility index (Phi) is 21.3. The molecule has 10 heteroatoms. The predicted octanol–water partition coefficient (Wildman–Crippen LogP) is 11.4. The number of rotatable bonds is 25. The number of nitrogens with two attached hydrogens (primary N) is 1. The predicted molar refractivity (Wildman–Crippen MR) is 249 cm³/mol. The molecule has 0 saturated heterocycles. The minimum Gasteiger partial charge on any atom is -0.461 e. The van der Waals surface area contributed by atoms with Crippen LogP contribution in [0.3, 0.4) is 0 Å². The highest BCUT2D eigenvalue weighted by atomic mass is 32.2. The zero-order valence-corrected chi connectivity index (χ0v) is 40.4. The van der Waals surface area contributed by atoms with Crippen molar-refractivity contribution in [3.63, 3.8) is 0 Å². The van der Waals surface area contributed by atoms with Crippen LogP contribution in [0.2, 0.25) is 0 Å². The number of thiocarbonyl (C=S) groups is 1. The number of nitrogens with zero attached hydrogens (tertiary/aromatic N) is 2. The molecule has 4 fully saturated rings. The van der Waals surface area contributed by atoms with Crippen LogP contribution in [0, 0.1) is 46.3 Å². The maximum atomic E-state index is 14.0. The first kappa shape index (κ1) is 50.3. The molecule has 4 rings (SSSR count). The Morgan fingerprint density at radius 1 is 0.763 bits per heavy atom. The van der Waals surface area contributed by atoms with E-state index in [0.29, 0.717) is 47.8 Å². The van der Waals surface area contributed by atoms with Crippen molar-refractivity contribution in [3.8, 4) is 0 Å². The molecule has 0 aromatic rings. The lowest BCUT2D eigenvalue weighted by Gasteiger charge is -2.62. The Bertz CT molecular complexity index is 1300. The fraction of sp³-hybridized carbons (Fsp3) is 0.918. The molecule has 0 bridgehead atoms. The summed E-state index contributed by atoms with van der Waals surface area (Å²) in [5.41, 5.74) is 5.60. The molecule has 4 aliphatic carbocycles. The normalized spacial score (nSPS) is 30.4. The van der Waals surface area contributed by atoms with Crippen LogP contribution in [0.1, 0.15) is 190 Å². The fourth-order valence-electron chi connectivity index (χ4n) is 12.8. The van der Waals surface area contributed by atoms with Crippen molar-refractivity contribution in [1.29, 1.82) is 0 Å². The highest BCUT2D eigenvalue weighted by Crippen LogP contribution is 2.69. The average molecular weight is 862 g/mol. The molecule has 0 radical (unpaired) electrons. The van der Waals surface area contributed by atoms with Crippen molar-refractivity contribution in [2.75, 3.05) is 38.5 Å². The van der Waals surface area contributed by atoms with Crippen molar-refractivity contribution in [1.82, 2.24) is 9.80 Å². The lowest BCUT2D eigenvalue weighted by atomic mass is 9.43. The van der Waals surface area contributed by atoms with Crippen molar-refractivity contribution in [3.05, 3.63) is 0 Å². The van der Waals surface area contributed by atoms with Gasteiger partial charge in [0, 0.05) is 38.0 Å². The first-order valence-corrected chi connectivity index (χ1v) is 26.0. The van der Waals surface area contributed by atoms with Gasteiger partial charge in [0.15, 0.2) is 0 Å². The second kappa shape index (κ2) is 25.0. The molecule has 1 amide bonds. The van der Waals surface area contributed by atoms with E-state index < -0.39 is 0 Å². The van der Waals surface area contributed by atoms with Crippen molar-refractivity contribution in [2.24, 2.45) is 52.1 Å². The first-order chi connectivity index (χ1) is 28.4. The number of unbranched alkanes of at least 4 members (excludes halogenated alkanes) is 10. The summed E-state index contributed by atoms with van der Waals surface area (Å²) >= 11 is 7.15. The summed E-state index contributed by atoms with van der Waals surface area (Å²) in [6, 6.07) is 0. The van der Waals surface area contributed by atoms with E-state index in [1.54, 1.807) is 0 Å². The van der Waals surface area contributed by atoms with E-state index in [9.17, 15) is 14.4 Å². The molecule has 0 heterocycles. The van der Waals surface area contributed by atoms with E-state index in [-0.39, 0.29) is 47.3 Å². The van der Waals surface area contributed by atoms with E-state index in [1.165, 1.54) is 82.4 Å². The maximum Gasteiger partial charge on any atom is 0.319 e. The van der Waals surface area contributed by atoms with Gasteiger partial charge in [-0.15, -0.1) is 0 Å². The highest BCUT2D eigenvalue weighted by molar-refractivity contribution is 8.23. The zero-order valence-electron chi connectivity index (χ0n) is 38.7. The summed E-state index contributed by atoms with van der Waals surface area (Å²) in [5.74, 6) is 2.88.